The molecule has 1 fully saturated rings. The Morgan fingerprint density at radius 1 is 0.879 bits per heavy atom. The number of benzene rings is 3. The molecule has 162 valence electrons. The maximum absolute atomic E-state index is 13.0. The zero-order valence-corrected chi connectivity index (χ0v) is 19.4. The first-order chi connectivity index (χ1) is 16.0. The van der Waals surface area contributed by atoms with Crippen molar-refractivity contribution < 1.29 is 18.8 Å². The molecule has 3 aromatic carbocycles. The number of carbonyl (C=O) groups is 3. The number of imide groups is 2. The van der Waals surface area contributed by atoms with Gasteiger partial charge in [0.05, 0.1) is 5.69 Å². The van der Waals surface area contributed by atoms with Gasteiger partial charge < -0.3 is 4.42 Å². The van der Waals surface area contributed by atoms with Crippen LogP contribution in [0.2, 0.25) is 0 Å². The standard InChI is InChI=1S/C25H15BrN2O4S/c26-16-8-10-17(11-9-16)28-24(30)20(23(29)27-25(28)31)14-18-12-13-22(32-18)33-21-7-3-5-15-4-1-2-6-19(15)21/h1-14H,(H,27,29,31)/b20-14-. The number of barbiturate groups is 1. The minimum atomic E-state index is -0.795. The van der Waals surface area contributed by atoms with Crippen LogP contribution in [-0.4, -0.2) is 17.8 Å². The minimum absolute atomic E-state index is 0.187. The van der Waals surface area contributed by atoms with Crippen LogP contribution in [0.15, 0.2) is 103 Å². The smallest absolute Gasteiger partial charge is 0.335 e. The van der Waals surface area contributed by atoms with Crippen molar-refractivity contribution >= 4 is 68.1 Å². The Balaban J connectivity index is 1.43. The molecule has 0 radical (unpaired) electrons. The second-order valence-electron chi connectivity index (χ2n) is 7.17. The van der Waals surface area contributed by atoms with E-state index in [1.165, 1.54) is 17.8 Å². The molecule has 0 unspecified atom stereocenters. The fraction of sp³-hybridized carbons (Fsp3) is 0. The van der Waals surface area contributed by atoms with E-state index >= 15 is 0 Å². The van der Waals surface area contributed by atoms with Gasteiger partial charge in [-0.2, -0.15) is 0 Å². The number of urea groups is 1. The van der Waals surface area contributed by atoms with Gasteiger partial charge in [-0.1, -0.05) is 64.1 Å². The Morgan fingerprint density at radius 2 is 1.64 bits per heavy atom. The van der Waals surface area contributed by atoms with Crippen molar-refractivity contribution in [2.75, 3.05) is 4.90 Å². The van der Waals surface area contributed by atoms with Gasteiger partial charge in [0.1, 0.15) is 11.3 Å². The summed E-state index contributed by atoms with van der Waals surface area (Å²) < 4.78 is 6.66. The minimum Gasteiger partial charge on any atom is -0.450 e. The van der Waals surface area contributed by atoms with Crippen LogP contribution < -0.4 is 10.2 Å². The number of anilines is 1. The van der Waals surface area contributed by atoms with Crippen LogP contribution in [0.5, 0.6) is 0 Å². The Labute approximate surface area is 201 Å². The third-order valence-corrected chi connectivity index (χ3v) is 6.56. The molecular formula is C25H15BrN2O4S. The third kappa shape index (κ3) is 4.22. The van der Waals surface area contributed by atoms with Crippen molar-refractivity contribution in [3.63, 3.8) is 0 Å². The average Bonchev–Trinajstić information content (AvgIpc) is 3.25. The molecule has 5 rings (SSSR count). The molecule has 1 aromatic heterocycles. The van der Waals surface area contributed by atoms with Crippen LogP contribution in [0.3, 0.4) is 0 Å². The molecule has 4 aromatic rings. The molecule has 1 saturated heterocycles. The van der Waals surface area contributed by atoms with Gasteiger partial charge in [0.2, 0.25) is 0 Å². The molecule has 33 heavy (non-hydrogen) atoms. The van der Waals surface area contributed by atoms with E-state index < -0.39 is 17.8 Å². The third-order valence-electron chi connectivity index (χ3n) is 5.04. The second kappa shape index (κ2) is 8.73. The van der Waals surface area contributed by atoms with Gasteiger partial charge in [-0.05, 0) is 59.3 Å². The monoisotopic (exact) mass is 518 g/mol. The summed E-state index contributed by atoms with van der Waals surface area (Å²) in [6.07, 6.45) is 1.35. The summed E-state index contributed by atoms with van der Waals surface area (Å²) in [4.78, 5) is 39.7. The molecule has 1 aliphatic rings. The van der Waals surface area contributed by atoms with Crippen molar-refractivity contribution in [2.24, 2.45) is 0 Å². The van der Waals surface area contributed by atoms with Crippen LogP contribution in [-0.2, 0) is 9.59 Å². The van der Waals surface area contributed by atoms with Crippen molar-refractivity contribution in [3.05, 3.63) is 94.7 Å². The van der Waals surface area contributed by atoms with Gasteiger partial charge in [0, 0.05) is 9.37 Å². The molecule has 6 nitrogen and oxygen atoms in total. The van der Waals surface area contributed by atoms with Crippen LogP contribution in [0, 0.1) is 0 Å². The second-order valence-corrected chi connectivity index (χ2v) is 9.13. The molecule has 4 amide bonds. The lowest BCUT2D eigenvalue weighted by Crippen LogP contribution is -2.54. The number of nitrogens with one attached hydrogen (secondary N) is 1. The maximum Gasteiger partial charge on any atom is 0.335 e. The lowest BCUT2D eigenvalue weighted by molar-refractivity contribution is -0.122. The van der Waals surface area contributed by atoms with E-state index in [1.54, 1.807) is 36.4 Å². The topological polar surface area (TPSA) is 79.6 Å². The molecule has 1 aliphatic heterocycles. The van der Waals surface area contributed by atoms with E-state index in [-0.39, 0.29) is 5.57 Å². The molecule has 0 bridgehead atoms. The highest BCUT2D eigenvalue weighted by atomic mass is 79.9. The van der Waals surface area contributed by atoms with Crippen molar-refractivity contribution in [1.82, 2.24) is 5.32 Å². The summed E-state index contributed by atoms with van der Waals surface area (Å²) in [6, 6.07) is 23.4. The van der Waals surface area contributed by atoms with E-state index in [2.05, 4.69) is 21.2 Å². The Morgan fingerprint density at radius 3 is 2.45 bits per heavy atom. The number of rotatable bonds is 4. The number of nitrogens with zero attached hydrogens (tertiary/aromatic N) is 1. The SMILES string of the molecule is O=C1NC(=O)N(c2ccc(Br)cc2)C(=O)/C1=C\c1ccc(Sc2cccc3ccccc23)o1. The number of furan rings is 1. The van der Waals surface area contributed by atoms with Crippen LogP contribution in [0.4, 0.5) is 10.5 Å². The lowest BCUT2D eigenvalue weighted by atomic mass is 10.1. The van der Waals surface area contributed by atoms with Gasteiger partial charge >= 0.3 is 6.03 Å². The maximum atomic E-state index is 13.0. The fourth-order valence-corrected chi connectivity index (χ4v) is 4.68. The van der Waals surface area contributed by atoms with Crippen LogP contribution in [0.25, 0.3) is 16.8 Å². The predicted molar refractivity (Wildman–Crippen MR) is 130 cm³/mol. The highest BCUT2D eigenvalue weighted by Crippen LogP contribution is 2.35. The summed E-state index contributed by atoms with van der Waals surface area (Å²) in [6.45, 7) is 0. The fourth-order valence-electron chi connectivity index (χ4n) is 3.48. The summed E-state index contributed by atoms with van der Waals surface area (Å²) in [5.74, 6) is -1.15. The lowest BCUT2D eigenvalue weighted by Gasteiger charge is -2.26. The number of halogens is 1. The highest BCUT2D eigenvalue weighted by molar-refractivity contribution is 9.10. The Hall–Kier alpha value is -3.62. The van der Waals surface area contributed by atoms with Crippen molar-refractivity contribution in [1.29, 1.82) is 0 Å². The summed E-state index contributed by atoms with van der Waals surface area (Å²) in [5, 5.41) is 5.05. The molecule has 2 heterocycles. The predicted octanol–water partition coefficient (Wildman–Crippen LogP) is 6.01. The summed E-state index contributed by atoms with van der Waals surface area (Å²) >= 11 is 4.77. The normalized spacial score (nSPS) is 15.4. The van der Waals surface area contributed by atoms with Gasteiger partial charge in [0.25, 0.3) is 11.8 Å². The highest BCUT2D eigenvalue weighted by Gasteiger charge is 2.37. The average molecular weight is 519 g/mol. The first-order valence-corrected chi connectivity index (χ1v) is 11.5. The summed E-state index contributed by atoms with van der Waals surface area (Å²) in [7, 11) is 0. The van der Waals surface area contributed by atoms with Crippen LogP contribution >= 0.6 is 27.7 Å². The zero-order chi connectivity index (χ0) is 22.9. The van der Waals surface area contributed by atoms with E-state index in [0.29, 0.717) is 16.5 Å². The largest absolute Gasteiger partial charge is 0.450 e. The zero-order valence-electron chi connectivity index (χ0n) is 16.9. The van der Waals surface area contributed by atoms with E-state index in [1.807, 2.05) is 42.5 Å². The molecule has 0 atom stereocenters. The van der Waals surface area contributed by atoms with Gasteiger partial charge in [-0.25, -0.2) is 9.69 Å². The Bertz CT molecular complexity index is 1440. The van der Waals surface area contributed by atoms with Gasteiger partial charge in [0.15, 0.2) is 5.09 Å². The number of hydrogen-bond donors (Lipinski definition) is 1. The first kappa shape index (κ1) is 21.2. The molecule has 0 aliphatic carbocycles. The summed E-state index contributed by atoms with van der Waals surface area (Å²) in [5.41, 5.74) is 0.166. The van der Waals surface area contributed by atoms with Gasteiger partial charge in [-0.3, -0.25) is 14.9 Å². The number of carbonyl (C=O) groups excluding carboxylic acids is 3. The number of amides is 4. The van der Waals surface area contributed by atoms with Crippen molar-refractivity contribution in [2.45, 2.75) is 9.99 Å². The quantitative estimate of drug-likeness (QED) is 0.264. The van der Waals surface area contributed by atoms with E-state index in [9.17, 15) is 14.4 Å². The molecular weight excluding hydrogens is 504 g/mol. The van der Waals surface area contributed by atoms with Crippen molar-refractivity contribution in [3.8, 4) is 0 Å². The molecule has 1 N–H and O–H groups in total. The number of fused-ring (bicyclic) bond motifs is 1. The Kier molecular flexibility index (Phi) is 5.62. The molecule has 8 heteroatoms. The van der Waals surface area contributed by atoms with Gasteiger partial charge in [-0.15, -0.1) is 0 Å². The van der Waals surface area contributed by atoms with Crippen LogP contribution in [0.1, 0.15) is 5.76 Å². The molecule has 0 spiro atoms. The van der Waals surface area contributed by atoms with E-state index in [0.717, 1.165) is 25.0 Å². The van der Waals surface area contributed by atoms with E-state index in [4.69, 9.17) is 4.42 Å². The number of hydrogen-bond acceptors (Lipinski definition) is 5. The molecule has 0 saturated carbocycles. The first-order valence-electron chi connectivity index (χ1n) is 9.92.